The normalized spacial score (nSPS) is 12.0. The Balaban J connectivity index is 1.70. The first-order valence-electron chi connectivity index (χ1n) is 7.45. The van der Waals surface area contributed by atoms with Crippen LogP contribution in [0.1, 0.15) is 12.8 Å². The van der Waals surface area contributed by atoms with Crippen molar-refractivity contribution in [2.45, 2.75) is 24.9 Å². The largest absolute Gasteiger partial charge is 0.0829 e. The van der Waals surface area contributed by atoms with Crippen LogP contribution in [0.3, 0.4) is 0 Å². The molecule has 0 bridgehead atoms. The Labute approximate surface area is 156 Å². The van der Waals surface area contributed by atoms with Gasteiger partial charge in [0.25, 0.3) is 0 Å². The minimum atomic E-state index is -0.315. The quantitative estimate of drug-likeness (QED) is 0.476. The third-order valence-electron chi connectivity index (χ3n) is 3.71. The smallest absolute Gasteiger partial charge is 0.0590 e. The van der Waals surface area contributed by atoms with Crippen LogP contribution in [-0.2, 0) is 0 Å². The standard InChI is InChI=1S/C16H18Cl4Si2/c17-11-5-3-7-13(15(11)19)21-9-1-2-10-22-14-8-4-6-12(18)16(14)20/h3-8H,1-2,9-10,21-22H2. The molecule has 0 saturated carbocycles. The van der Waals surface area contributed by atoms with E-state index in [1.54, 1.807) is 0 Å². The average Bonchev–Trinajstić information content (AvgIpc) is 2.51. The maximum absolute atomic E-state index is 6.23. The number of halogens is 4. The number of rotatable bonds is 7. The molecule has 22 heavy (non-hydrogen) atoms. The molecule has 0 atom stereocenters. The number of benzene rings is 2. The molecule has 0 nitrogen and oxygen atoms in total. The molecule has 0 aromatic heterocycles. The summed E-state index contributed by atoms with van der Waals surface area (Å²) in [6.07, 6.45) is 2.53. The molecule has 2 aromatic carbocycles. The molecule has 0 aliphatic heterocycles. The molecule has 6 heteroatoms. The van der Waals surface area contributed by atoms with Gasteiger partial charge in [-0.25, -0.2) is 0 Å². The molecule has 0 aliphatic carbocycles. The molecule has 0 aliphatic rings. The molecular weight excluding hydrogens is 390 g/mol. The zero-order valence-corrected chi connectivity index (χ0v) is 18.1. The highest BCUT2D eigenvalue weighted by atomic mass is 35.5. The molecule has 2 aromatic rings. The SMILES string of the molecule is Clc1cccc([SiH2]CCCC[SiH2]c2cccc(Cl)c2Cl)c1Cl. The van der Waals surface area contributed by atoms with Crippen LogP contribution in [-0.4, -0.2) is 19.0 Å². The van der Waals surface area contributed by atoms with E-state index in [0.29, 0.717) is 10.0 Å². The van der Waals surface area contributed by atoms with Crippen LogP contribution < -0.4 is 10.4 Å². The van der Waals surface area contributed by atoms with Crippen LogP contribution in [0.25, 0.3) is 0 Å². The van der Waals surface area contributed by atoms with E-state index in [9.17, 15) is 0 Å². The van der Waals surface area contributed by atoms with Crippen molar-refractivity contribution in [3.8, 4) is 0 Å². The lowest BCUT2D eigenvalue weighted by Crippen LogP contribution is -2.16. The molecule has 0 unspecified atom stereocenters. The van der Waals surface area contributed by atoms with Crippen LogP contribution in [0.5, 0.6) is 0 Å². The summed E-state index contributed by atoms with van der Waals surface area (Å²) in [4.78, 5) is 0. The second-order valence-electron chi connectivity index (χ2n) is 5.34. The van der Waals surface area contributed by atoms with Gasteiger partial charge in [0.1, 0.15) is 0 Å². The van der Waals surface area contributed by atoms with Gasteiger partial charge < -0.3 is 0 Å². The third-order valence-corrected chi connectivity index (χ3v) is 9.83. The van der Waals surface area contributed by atoms with Gasteiger partial charge in [-0.15, -0.1) is 0 Å². The van der Waals surface area contributed by atoms with Crippen molar-refractivity contribution in [1.82, 2.24) is 0 Å². The maximum atomic E-state index is 6.23. The molecular formula is C16H18Cl4Si2. The van der Waals surface area contributed by atoms with E-state index >= 15 is 0 Å². The minimum absolute atomic E-state index is 0.315. The van der Waals surface area contributed by atoms with Crippen molar-refractivity contribution < 1.29 is 0 Å². The van der Waals surface area contributed by atoms with E-state index in [-0.39, 0.29) is 19.0 Å². The Kier molecular flexibility index (Phi) is 7.82. The summed E-state index contributed by atoms with van der Waals surface area (Å²) in [6.45, 7) is 0. The fourth-order valence-electron chi connectivity index (χ4n) is 2.47. The van der Waals surface area contributed by atoms with E-state index in [2.05, 4.69) is 12.1 Å². The molecule has 0 spiro atoms. The Bertz CT molecular complexity index is 576. The van der Waals surface area contributed by atoms with Crippen LogP contribution in [0, 0.1) is 0 Å². The topological polar surface area (TPSA) is 0 Å². The summed E-state index contributed by atoms with van der Waals surface area (Å²) < 4.78 is 0. The van der Waals surface area contributed by atoms with Gasteiger partial charge in [0.2, 0.25) is 0 Å². The monoisotopic (exact) mass is 406 g/mol. The van der Waals surface area contributed by atoms with Gasteiger partial charge in [-0.3, -0.25) is 0 Å². The van der Waals surface area contributed by atoms with Crippen molar-refractivity contribution in [3.05, 3.63) is 56.5 Å². The average molecular weight is 408 g/mol. The van der Waals surface area contributed by atoms with Crippen molar-refractivity contribution in [1.29, 1.82) is 0 Å². The van der Waals surface area contributed by atoms with Crippen LogP contribution in [0.15, 0.2) is 36.4 Å². The molecule has 0 saturated heterocycles. The van der Waals surface area contributed by atoms with E-state index in [1.807, 2.05) is 24.3 Å². The Morgan fingerprint density at radius 2 is 1.05 bits per heavy atom. The summed E-state index contributed by atoms with van der Waals surface area (Å²) in [5.74, 6) is 0. The van der Waals surface area contributed by atoms with Crippen LogP contribution in [0.2, 0.25) is 32.2 Å². The van der Waals surface area contributed by atoms with Gasteiger partial charge in [-0.05, 0) is 22.5 Å². The summed E-state index contributed by atoms with van der Waals surface area (Å²) >= 11 is 24.5. The van der Waals surface area contributed by atoms with E-state index in [1.165, 1.54) is 35.3 Å². The number of hydrogen-bond donors (Lipinski definition) is 0. The Morgan fingerprint density at radius 3 is 1.45 bits per heavy atom. The van der Waals surface area contributed by atoms with Crippen molar-refractivity contribution in [2.75, 3.05) is 0 Å². The molecule has 0 amide bonds. The zero-order chi connectivity index (χ0) is 15.9. The van der Waals surface area contributed by atoms with Crippen LogP contribution in [0.4, 0.5) is 0 Å². The Morgan fingerprint density at radius 1 is 0.636 bits per heavy atom. The van der Waals surface area contributed by atoms with Crippen molar-refractivity contribution in [3.63, 3.8) is 0 Å². The fourth-order valence-corrected chi connectivity index (χ4v) is 7.29. The van der Waals surface area contributed by atoms with Crippen molar-refractivity contribution >= 4 is 75.8 Å². The lowest BCUT2D eigenvalue weighted by molar-refractivity contribution is 0.876. The lowest BCUT2D eigenvalue weighted by Gasteiger charge is -2.06. The highest BCUT2D eigenvalue weighted by Gasteiger charge is 2.06. The van der Waals surface area contributed by atoms with Crippen molar-refractivity contribution in [2.24, 2.45) is 0 Å². The van der Waals surface area contributed by atoms with Gasteiger partial charge in [0.15, 0.2) is 0 Å². The first-order valence-corrected chi connectivity index (χ1v) is 12.4. The summed E-state index contributed by atoms with van der Waals surface area (Å²) in [6, 6.07) is 14.5. The van der Waals surface area contributed by atoms with Crippen LogP contribution >= 0.6 is 46.4 Å². The van der Waals surface area contributed by atoms with Gasteiger partial charge in [-0.1, -0.05) is 95.6 Å². The molecule has 0 N–H and O–H groups in total. The van der Waals surface area contributed by atoms with Gasteiger partial charge >= 0.3 is 0 Å². The van der Waals surface area contributed by atoms with E-state index < -0.39 is 0 Å². The predicted octanol–water partition coefficient (Wildman–Crippen LogP) is 4.21. The van der Waals surface area contributed by atoms with E-state index in [0.717, 1.165) is 10.0 Å². The second-order valence-corrected chi connectivity index (χ2v) is 10.8. The lowest BCUT2D eigenvalue weighted by atomic mass is 10.3. The maximum Gasteiger partial charge on any atom is 0.0590 e. The molecule has 0 heterocycles. The summed E-state index contributed by atoms with van der Waals surface area (Å²) in [5.41, 5.74) is 0. The molecule has 118 valence electrons. The summed E-state index contributed by atoms with van der Waals surface area (Å²) in [7, 11) is -0.630. The number of unbranched alkanes of at least 4 members (excludes halogenated alkanes) is 1. The zero-order valence-electron chi connectivity index (χ0n) is 12.2. The van der Waals surface area contributed by atoms with Gasteiger partial charge in [-0.2, -0.15) is 0 Å². The Hall–Kier alpha value is 0.0338. The van der Waals surface area contributed by atoms with Gasteiger partial charge in [0.05, 0.1) is 39.1 Å². The summed E-state index contributed by atoms with van der Waals surface area (Å²) in [5, 5.41) is 5.43. The third kappa shape index (κ3) is 5.29. The van der Waals surface area contributed by atoms with E-state index in [4.69, 9.17) is 46.4 Å². The fraction of sp³-hybridized carbons (Fsp3) is 0.250. The highest BCUT2D eigenvalue weighted by molar-refractivity contribution is 6.61. The highest BCUT2D eigenvalue weighted by Crippen LogP contribution is 2.19. The first kappa shape index (κ1) is 18.4. The second kappa shape index (κ2) is 9.36. The number of hydrogen-bond acceptors (Lipinski definition) is 0. The minimum Gasteiger partial charge on any atom is -0.0829 e. The van der Waals surface area contributed by atoms with Gasteiger partial charge in [0, 0.05) is 0 Å². The first-order chi connectivity index (χ1) is 10.6. The molecule has 0 radical (unpaired) electrons. The molecule has 0 fully saturated rings. The molecule has 2 rings (SSSR count). The predicted molar refractivity (Wildman–Crippen MR) is 108 cm³/mol.